The number of ether oxygens (including phenoxy) is 2. The molecule has 0 unspecified atom stereocenters. The Balaban J connectivity index is 0.000000179. The van der Waals surface area contributed by atoms with Crippen LogP contribution >= 0.6 is 46.4 Å². The van der Waals surface area contributed by atoms with Crippen molar-refractivity contribution in [3.8, 4) is 0 Å². The van der Waals surface area contributed by atoms with Crippen LogP contribution in [0.2, 0.25) is 15.1 Å². The number of benzene rings is 3. The largest absolute Gasteiger partial charge is 0.461 e. The average Bonchev–Trinajstić information content (AvgIpc) is 2.05. The van der Waals surface area contributed by atoms with Crippen LogP contribution in [0.5, 0.6) is 0 Å². The smallest absolute Gasteiger partial charge is 0.420 e. The number of halogens is 13. The van der Waals surface area contributed by atoms with Crippen LogP contribution in [0.1, 0.15) is 95.5 Å². The topological polar surface area (TPSA) is 224 Å². The third-order valence-corrected chi connectivity index (χ3v) is 13.2. The Bertz CT molecular complexity index is 4090. The van der Waals surface area contributed by atoms with Crippen molar-refractivity contribution in [2.75, 3.05) is 18.9 Å². The van der Waals surface area contributed by atoms with E-state index in [0.717, 1.165) is 54.6 Å². The molecule has 0 aliphatic heterocycles. The summed E-state index contributed by atoms with van der Waals surface area (Å²) < 4.78 is 128. The van der Waals surface area contributed by atoms with Gasteiger partial charge in [0.1, 0.15) is 22.5 Å². The fraction of sp³-hybridized carbons (Fsp3) is 0.228. The van der Waals surface area contributed by atoms with Crippen molar-refractivity contribution in [1.82, 2.24) is 55.0 Å². The molecule has 0 fully saturated rings. The minimum absolute atomic E-state index is 0.00757. The predicted octanol–water partition coefficient (Wildman–Crippen LogP) is 14.2. The molecule has 10 aromatic rings. The van der Waals surface area contributed by atoms with Crippen molar-refractivity contribution in [2.24, 2.45) is 0 Å². The van der Waals surface area contributed by atoms with Gasteiger partial charge in [-0.1, -0.05) is 53.0 Å². The number of nitrogens with two attached hydrogens (primary N) is 1. The van der Waals surface area contributed by atoms with Crippen LogP contribution in [-0.2, 0) is 53.5 Å². The highest BCUT2D eigenvalue weighted by Crippen LogP contribution is 2.35. The van der Waals surface area contributed by atoms with Crippen molar-refractivity contribution in [3.05, 3.63) is 198 Å². The average molecular weight is 1290 g/mol. The van der Waals surface area contributed by atoms with Crippen molar-refractivity contribution < 1.29 is 63.4 Å². The number of esters is 2. The number of anilines is 1. The lowest BCUT2D eigenvalue weighted by Gasteiger charge is -2.11. The molecule has 0 spiro atoms. The zero-order chi connectivity index (χ0) is 63.5. The van der Waals surface area contributed by atoms with E-state index in [1.807, 2.05) is 29.4 Å². The first-order valence-electron chi connectivity index (χ1n) is 25.5. The molecule has 7 heterocycles. The molecule has 7 aromatic heterocycles. The van der Waals surface area contributed by atoms with Crippen molar-refractivity contribution in [2.45, 2.75) is 71.7 Å². The summed E-state index contributed by atoms with van der Waals surface area (Å²) in [5, 5.41) is 19.4. The number of nitrogen functional groups attached to an aromatic ring is 1. The highest BCUT2D eigenvalue weighted by atomic mass is 35.5. The van der Waals surface area contributed by atoms with E-state index in [1.54, 1.807) is 74.6 Å². The second kappa shape index (κ2) is 28.3. The Kier molecular flexibility index (Phi) is 21.4. The molecule has 30 heteroatoms. The predicted molar refractivity (Wildman–Crippen MR) is 307 cm³/mol. The number of fused-ring (bicyclic) bond motifs is 3. The zero-order valence-electron chi connectivity index (χ0n) is 45.8. The lowest BCUT2D eigenvalue weighted by atomic mass is 10.1. The molecule has 10 rings (SSSR count). The van der Waals surface area contributed by atoms with Gasteiger partial charge in [0.25, 0.3) is 5.91 Å². The van der Waals surface area contributed by atoms with Gasteiger partial charge < -0.3 is 20.5 Å². The zero-order valence-corrected chi connectivity index (χ0v) is 48.8. The minimum atomic E-state index is -4.75. The highest BCUT2D eigenvalue weighted by Gasteiger charge is 2.40. The first-order valence-corrected chi connectivity index (χ1v) is 27.1. The van der Waals surface area contributed by atoms with E-state index in [1.165, 1.54) is 26.2 Å². The van der Waals surface area contributed by atoms with Gasteiger partial charge in [-0.3, -0.25) is 34.2 Å². The number of aromatic nitrogens is 10. The van der Waals surface area contributed by atoms with Crippen LogP contribution in [0.15, 0.2) is 116 Å². The van der Waals surface area contributed by atoms with Gasteiger partial charge in [-0.25, -0.2) is 14.6 Å². The maximum absolute atomic E-state index is 13.7. The van der Waals surface area contributed by atoms with Crippen molar-refractivity contribution in [3.63, 3.8) is 0 Å². The number of aryl methyl sites for hydroxylation is 2. The van der Waals surface area contributed by atoms with Crippen LogP contribution < -0.4 is 11.1 Å². The summed E-state index contributed by atoms with van der Waals surface area (Å²) >= 11 is 23.4. The molecular weight excluding hydrogens is 1250 g/mol. The normalized spacial score (nSPS) is 11.5. The molecular formula is C57H47Cl4F9N12O5. The van der Waals surface area contributed by atoms with Gasteiger partial charge in [-0.05, 0) is 116 Å². The number of aromatic amines is 1. The van der Waals surface area contributed by atoms with Crippen LogP contribution in [0.25, 0.3) is 32.7 Å². The quantitative estimate of drug-likeness (QED) is 0.0589. The van der Waals surface area contributed by atoms with Gasteiger partial charge in [-0.2, -0.15) is 54.8 Å². The molecule has 0 aliphatic carbocycles. The van der Waals surface area contributed by atoms with E-state index in [2.05, 4.69) is 50.0 Å². The molecule has 87 heavy (non-hydrogen) atoms. The van der Waals surface area contributed by atoms with E-state index < -0.39 is 70.1 Å². The van der Waals surface area contributed by atoms with Crippen LogP contribution in [0.3, 0.4) is 0 Å². The minimum Gasteiger partial charge on any atom is -0.461 e. The summed E-state index contributed by atoms with van der Waals surface area (Å²) in [4.78, 5) is 52.1. The second-order valence-corrected chi connectivity index (χ2v) is 20.1. The highest BCUT2D eigenvalue weighted by molar-refractivity contribution is 6.31. The van der Waals surface area contributed by atoms with Crippen LogP contribution in [0, 0.1) is 13.8 Å². The fourth-order valence-electron chi connectivity index (χ4n) is 8.32. The van der Waals surface area contributed by atoms with Gasteiger partial charge in [0.05, 0.1) is 64.1 Å². The fourth-order valence-corrected chi connectivity index (χ4v) is 8.99. The molecule has 456 valence electrons. The molecule has 1 amide bonds. The molecule has 0 radical (unpaired) electrons. The first-order chi connectivity index (χ1) is 41.0. The molecule has 0 atom stereocenters. The Morgan fingerprint density at radius 2 is 1.03 bits per heavy atom. The maximum Gasteiger partial charge on any atom is 0.420 e. The Morgan fingerprint density at radius 3 is 1.48 bits per heavy atom. The number of hydrogen-bond donors (Lipinski definition) is 3. The summed E-state index contributed by atoms with van der Waals surface area (Å²) in [5.74, 6) is -2.25. The van der Waals surface area contributed by atoms with E-state index in [4.69, 9.17) is 52.1 Å². The SMILES string of the molecule is CCOC(=O)c1[nH]ncc1C(F)(F)F.CCOC(=O)c1nn(Cc2ccc3ncc(Cl)cc3c2)cc1C(F)(F)F.Cc1cc(N)nc(C)c1CNC(=O)c1nn(Cc2ccc3ncc(Cl)cc3c2)cc1C(F)(F)F.ClCc1ccc2ncc(Cl)cc2c1. The number of nitrogens with one attached hydrogen (secondary N) is 2. The number of rotatable bonds is 12. The van der Waals surface area contributed by atoms with Crippen molar-refractivity contribution in [1.29, 1.82) is 0 Å². The number of H-pyrrole nitrogens is 1. The first kappa shape index (κ1) is 65.9. The van der Waals surface area contributed by atoms with E-state index in [-0.39, 0.29) is 32.8 Å². The van der Waals surface area contributed by atoms with E-state index in [0.29, 0.717) is 66.4 Å². The molecule has 0 aliphatic rings. The van der Waals surface area contributed by atoms with Gasteiger partial charge in [0, 0.05) is 65.3 Å². The van der Waals surface area contributed by atoms with Gasteiger partial charge in [-0.15, -0.1) is 11.6 Å². The summed E-state index contributed by atoms with van der Waals surface area (Å²) in [7, 11) is 0. The Morgan fingerprint density at radius 1 is 0.598 bits per heavy atom. The number of hydrogen-bond acceptors (Lipinski definition) is 13. The van der Waals surface area contributed by atoms with Gasteiger partial charge >= 0.3 is 30.5 Å². The van der Waals surface area contributed by atoms with Crippen molar-refractivity contribution >= 4 is 103 Å². The summed E-state index contributed by atoms with van der Waals surface area (Å²) in [6.45, 7) is 6.55. The third-order valence-electron chi connectivity index (χ3n) is 12.2. The molecule has 0 saturated carbocycles. The number of nitrogens with zero attached hydrogens (tertiary/aromatic N) is 9. The number of carbonyl (C=O) groups excluding carboxylic acids is 3. The standard InChI is InChI=1S/C23H20ClF3N6O.C17H13ClF3N3O2.C10H7Cl2N.C7H7F3N2O2/c1-12-5-20(28)31-13(2)17(12)9-30-22(34)21-18(23(25,26)27)11-33(32-21)10-14-3-4-19-15(6-14)7-16(24)8-29-19;1-2-26-16(25)15-13(17(19,20)21)9-24(23-15)8-10-3-4-14-11(5-10)6-12(18)7-22-14;11-5-7-1-2-10-8(3-7)4-9(12)6-13-10;1-2-14-6(13)5-4(3-11-12-5)7(8,9)10/h3-8,11H,9-10H2,1-2H3,(H2,28,31)(H,30,34);3-7,9H,2,8H2,1H3;1-4,6H,5H2;3H,2H2,1H3,(H,11,12). The van der Waals surface area contributed by atoms with Gasteiger partial charge in [0.2, 0.25) is 0 Å². The number of pyridine rings is 4. The number of alkyl halides is 10. The summed E-state index contributed by atoms with van der Waals surface area (Å²) in [6.07, 6.45) is -7.21. The summed E-state index contributed by atoms with van der Waals surface area (Å²) in [6, 6.07) is 23.3. The third kappa shape index (κ3) is 17.5. The number of carbonyl (C=O) groups is 3. The maximum atomic E-state index is 13.7. The van der Waals surface area contributed by atoms with Gasteiger partial charge in [0.15, 0.2) is 17.1 Å². The monoisotopic (exact) mass is 1290 g/mol. The van der Waals surface area contributed by atoms with E-state index >= 15 is 0 Å². The molecule has 4 N–H and O–H groups in total. The number of amides is 1. The molecule has 3 aromatic carbocycles. The lowest BCUT2D eigenvalue weighted by molar-refractivity contribution is -0.138. The molecule has 0 bridgehead atoms. The Hall–Kier alpha value is -8.59. The Labute approximate surface area is 507 Å². The second-order valence-electron chi connectivity index (χ2n) is 18.6. The van der Waals surface area contributed by atoms with Crippen LogP contribution in [0.4, 0.5) is 45.3 Å². The molecule has 17 nitrogen and oxygen atoms in total. The van der Waals surface area contributed by atoms with E-state index in [9.17, 15) is 53.9 Å². The lowest BCUT2D eigenvalue weighted by Crippen LogP contribution is -2.27. The molecule has 0 saturated heterocycles. The summed E-state index contributed by atoms with van der Waals surface area (Å²) in [5.41, 5.74) is 7.09. The van der Waals surface area contributed by atoms with Crippen LogP contribution in [-0.4, -0.2) is 80.8 Å².